The molecule has 1 aromatic carbocycles. The van der Waals surface area contributed by atoms with Gasteiger partial charge in [0, 0.05) is 23.2 Å². The summed E-state index contributed by atoms with van der Waals surface area (Å²) in [6.45, 7) is 4.55. The van der Waals surface area contributed by atoms with Crippen LogP contribution in [0.1, 0.15) is 13.8 Å². The molecular weight excluding hydrogens is 314 g/mol. The van der Waals surface area contributed by atoms with E-state index in [-0.39, 0.29) is 12.5 Å². The largest absolute Gasteiger partial charge is 0.354 e. The standard InChI is InChI=1S/C15H19N5O2S/c1-10(2)7-16-14(21)8-17-15(22)18-12-5-3-11(4-6-12)13-9-23-20-19-13/h3-6,9-10H,7-8H2,1-2H3,(H,16,21)(H2,17,18,22). The van der Waals surface area contributed by atoms with Gasteiger partial charge in [-0.15, -0.1) is 5.10 Å². The molecule has 2 aromatic rings. The van der Waals surface area contributed by atoms with Crippen LogP contribution >= 0.6 is 11.5 Å². The number of hydrogen-bond acceptors (Lipinski definition) is 5. The molecule has 8 heteroatoms. The monoisotopic (exact) mass is 333 g/mol. The van der Waals surface area contributed by atoms with Crippen LogP contribution in [0.3, 0.4) is 0 Å². The Kier molecular flexibility index (Phi) is 6.04. The average Bonchev–Trinajstić information content (AvgIpc) is 3.06. The molecule has 2 rings (SSSR count). The first-order chi connectivity index (χ1) is 11.0. The molecule has 0 saturated heterocycles. The van der Waals surface area contributed by atoms with Crippen LogP contribution in [-0.2, 0) is 4.79 Å². The Labute approximate surface area is 138 Å². The molecule has 7 nitrogen and oxygen atoms in total. The SMILES string of the molecule is CC(C)CNC(=O)CNC(=O)Nc1ccc(-c2csnn2)cc1. The lowest BCUT2D eigenvalue weighted by molar-refractivity contribution is -0.120. The lowest BCUT2D eigenvalue weighted by Gasteiger charge is -2.10. The van der Waals surface area contributed by atoms with Gasteiger partial charge in [-0.05, 0) is 29.6 Å². The van der Waals surface area contributed by atoms with Crippen LogP contribution in [0.2, 0.25) is 0 Å². The molecule has 1 heterocycles. The molecule has 3 N–H and O–H groups in total. The molecule has 0 aliphatic rings. The number of aromatic nitrogens is 2. The molecule has 0 unspecified atom stereocenters. The average molecular weight is 333 g/mol. The summed E-state index contributed by atoms with van der Waals surface area (Å²) in [7, 11) is 0. The maximum Gasteiger partial charge on any atom is 0.319 e. The van der Waals surface area contributed by atoms with Crippen LogP contribution in [0.15, 0.2) is 29.6 Å². The molecule has 0 saturated carbocycles. The third-order valence-corrected chi connectivity index (χ3v) is 3.42. The lowest BCUT2D eigenvalue weighted by atomic mass is 10.1. The second-order valence-electron chi connectivity index (χ2n) is 5.37. The van der Waals surface area contributed by atoms with Gasteiger partial charge in [0.15, 0.2) is 0 Å². The highest BCUT2D eigenvalue weighted by atomic mass is 32.1. The van der Waals surface area contributed by atoms with Crippen LogP contribution in [0.4, 0.5) is 10.5 Å². The number of urea groups is 1. The summed E-state index contributed by atoms with van der Waals surface area (Å²) in [5.74, 6) is 0.166. The van der Waals surface area contributed by atoms with E-state index in [1.54, 1.807) is 12.1 Å². The summed E-state index contributed by atoms with van der Waals surface area (Å²) >= 11 is 1.29. The molecule has 122 valence electrons. The predicted octanol–water partition coefficient (Wildman–Crippen LogP) is 2.10. The molecule has 23 heavy (non-hydrogen) atoms. The summed E-state index contributed by atoms with van der Waals surface area (Å²) in [4.78, 5) is 23.3. The van der Waals surface area contributed by atoms with Crippen molar-refractivity contribution < 1.29 is 9.59 Å². The quantitative estimate of drug-likeness (QED) is 0.754. The number of hydrogen-bond donors (Lipinski definition) is 3. The van der Waals surface area contributed by atoms with Crippen LogP contribution in [0.25, 0.3) is 11.3 Å². The minimum atomic E-state index is -0.423. The fourth-order valence-corrected chi connectivity index (χ4v) is 2.20. The van der Waals surface area contributed by atoms with Crippen LogP contribution in [0.5, 0.6) is 0 Å². The molecule has 0 fully saturated rings. The summed E-state index contributed by atoms with van der Waals surface area (Å²) in [6, 6.07) is 6.82. The summed E-state index contributed by atoms with van der Waals surface area (Å²) in [6.07, 6.45) is 0. The fourth-order valence-electron chi connectivity index (χ4n) is 1.73. The molecule has 0 aliphatic heterocycles. The van der Waals surface area contributed by atoms with E-state index in [2.05, 4.69) is 25.5 Å². The number of nitrogens with one attached hydrogen (secondary N) is 3. The summed E-state index contributed by atoms with van der Waals surface area (Å²) in [5, 5.41) is 13.7. The van der Waals surface area contributed by atoms with Crippen molar-refractivity contribution >= 4 is 29.2 Å². The van der Waals surface area contributed by atoms with Gasteiger partial charge in [0.25, 0.3) is 0 Å². The smallest absolute Gasteiger partial charge is 0.319 e. The van der Waals surface area contributed by atoms with E-state index in [4.69, 9.17) is 0 Å². The first-order valence-corrected chi connectivity index (χ1v) is 8.07. The predicted molar refractivity (Wildman–Crippen MR) is 90.2 cm³/mol. The number of anilines is 1. The number of benzene rings is 1. The lowest BCUT2D eigenvalue weighted by Crippen LogP contribution is -2.39. The van der Waals surface area contributed by atoms with Crippen LogP contribution in [0, 0.1) is 5.92 Å². The Morgan fingerprint density at radius 1 is 1.17 bits per heavy atom. The first-order valence-electron chi connectivity index (χ1n) is 7.23. The fraction of sp³-hybridized carbons (Fsp3) is 0.333. The van der Waals surface area contributed by atoms with Crippen molar-refractivity contribution in [1.29, 1.82) is 0 Å². The minimum absolute atomic E-state index is 0.0544. The van der Waals surface area contributed by atoms with Crippen LogP contribution in [-0.4, -0.2) is 34.6 Å². The number of nitrogens with zero attached hydrogens (tertiary/aromatic N) is 2. The van der Waals surface area contributed by atoms with Gasteiger partial charge in [0.05, 0.1) is 6.54 Å². The summed E-state index contributed by atoms with van der Waals surface area (Å²) in [5.41, 5.74) is 2.36. The van der Waals surface area contributed by atoms with Gasteiger partial charge in [0.1, 0.15) is 5.69 Å². The zero-order valence-electron chi connectivity index (χ0n) is 13.0. The van der Waals surface area contributed by atoms with Gasteiger partial charge < -0.3 is 16.0 Å². The van der Waals surface area contributed by atoms with Crippen molar-refractivity contribution in [2.45, 2.75) is 13.8 Å². The van der Waals surface area contributed by atoms with Crippen molar-refractivity contribution in [1.82, 2.24) is 20.2 Å². The van der Waals surface area contributed by atoms with Crippen molar-refractivity contribution in [3.05, 3.63) is 29.6 Å². The molecule has 0 aliphatic carbocycles. The number of carbonyl (C=O) groups excluding carboxylic acids is 2. The maximum atomic E-state index is 11.7. The van der Waals surface area contributed by atoms with E-state index in [1.807, 2.05) is 31.4 Å². The van der Waals surface area contributed by atoms with E-state index in [0.717, 1.165) is 11.3 Å². The van der Waals surface area contributed by atoms with Gasteiger partial charge in [-0.1, -0.05) is 30.5 Å². The molecule has 0 spiro atoms. The Bertz CT molecular complexity index is 640. The van der Waals surface area contributed by atoms with E-state index >= 15 is 0 Å². The number of amides is 3. The minimum Gasteiger partial charge on any atom is -0.354 e. The Hall–Kier alpha value is -2.48. The maximum absolute atomic E-state index is 11.7. The molecule has 0 bridgehead atoms. The Balaban J connectivity index is 1.78. The third-order valence-electron chi connectivity index (χ3n) is 2.92. The topological polar surface area (TPSA) is 96.0 Å². The molecule has 3 amide bonds. The van der Waals surface area contributed by atoms with E-state index in [9.17, 15) is 9.59 Å². The highest BCUT2D eigenvalue weighted by Gasteiger charge is 2.07. The van der Waals surface area contributed by atoms with Crippen molar-refractivity contribution in [2.75, 3.05) is 18.4 Å². The zero-order chi connectivity index (χ0) is 16.7. The van der Waals surface area contributed by atoms with Gasteiger partial charge in [0.2, 0.25) is 5.91 Å². The van der Waals surface area contributed by atoms with Crippen molar-refractivity contribution in [3.8, 4) is 11.3 Å². The second-order valence-corrected chi connectivity index (χ2v) is 5.98. The zero-order valence-corrected chi connectivity index (χ0v) is 13.8. The number of rotatable bonds is 6. The number of carbonyl (C=O) groups is 2. The molecule has 0 atom stereocenters. The van der Waals surface area contributed by atoms with Gasteiger partial charge in [-0.2, -0.15) is 0 Å². The Morgan fingerprint density at radius 2 is 1.91 bits per heavy atom. The Morgan fingerprint density at radius 3 is 2.52 bits per heavy atom. The summed E-state index contributed by atoms with van der Waals surface area (Å²) < 4.78 is 3.81. The second kappa shape index (κ2) is 8.23. The first kappa shape index (κ1) is 16.9. The molecule has 1 aromatic heterocycles. The highest BCUT2D eigenvalue weighted by molar-refractivity contribution is 7.03. The van der Waals surface area contributed by atoms with Gasteiger partial charge >= 0.3 is 6.03 Å². The van der Waals surface area contributed by atoms with Crippen molar-refractivity contribution in [2.24, 2.45) is 5.92 Å². The third kappa shape index (κ3) is 5.67. The van der Waals surface area contributed by atoms with E-state index in [0.29, 0.717) is 18.2 Å². The van der Waals surface area contributed by atoms with E-state index in [1.165, 1.54) is 11.5 Å². The van der Waals surface area contributed by atoms with Crippen molar-refractivity contribution in [3.63, 3.8) is 0 Å². The van der Waals surface area contributed by atoms with Gasteiger partial charge in [-0.25, -0.2) is 4.79 Å². The molecule has 0 radical (unpaired) electrons. The van der Waals surface area contributed by atoms with Crippen LogP contribution < -0.4 is 16.0 Å². The molecular formula is C15H19N5O2S. The highest BCUT2D eigenvalue weighted by Crippen LogP contribution is 2.19. The normalized spacial score (nSPS) is 10.4. The van der Waals surface area contributed by atoms with E-state index < -0.39 is 6.03 Å². The van der Waals surface area contributed by atoms with Gasteiger partial charge in [-0.3, -0.25) is 4.79 Å².